The van der Waals surface area contributed by atoms with Crippen LogP contribution in [0.3, 0.4) is 0 Å². The summed E-state index contributed by atoms with van der Waals surface area (Å²) in [5.41, 5.74) is -0.211. The Balaban J connectivity index is 0.000000260. The minimum Gasteiger partial charge on any atom is -0.494 e. The molecule has 0 spiro atoms. The Morgan fingerprint density at radius 1 is 1.08 bits per heavy atom. The van der Waals surface area contributed by atoms with Crippen molar-refractivity contribution in [2.75, 3.05) is 18.4 Å². The van der Waals surface area contributed by atoms with Crippen molar-refractivity contribution in [1.82, 2.24) is 19.6 Å². The van der Waals surface area contributed by atoms with Crippen molar-refractivity contribution >= 4 is 73.7 Å². The number of benzene rings is 2. The van der Waals surface area contributed by atoms with Crippen LogP contribution >= 0.6 is 46.4 Å². The third kappa shape index (κ3) is 6.48. The maximum Gasteiger partial charge on any atom is 0.341 e. The average Bonchev–Trinajstić information content (AvgIpc) is 3.28. The molecule has 0 atom stereocenters. The van der Waals surface area contributed by atoms with Crippen LogP contribution in [0.1, 0.15) is 17.3 Å². The summed E-state index contributed by atoms with van der Waals surface area (Å²) >= 11 is 23.3. The van der Waals surface area contributed by atoms with E-state index in [1.165, 1.54) is 31.4 Å². The van der Waals surface area contributed by atoms with Crippen LogP contribution in [0.4, 0.5) is 10.1 Å². The third-order valence-corrected chi connectivity index (χ3v) is 6.80. The Bertz CT molecular complexity index is 1600. The van der Waals surface area contributed by atoms with Gasteiger partial charge in [-0.05, 0) is 31.2 Å². The van der Waals surface area contributed by atoms with Crippen LogP contribution in [-0.4, -0.2) is 52.8 Å². The summed E-state index contributed by atoms with van der Waals surface area (Å²) in [5.74, 6) is -1.96. The van der Waals surface area contributed by atoms with E-state index in [9.17, 15) is 17.6 Å². The van der Waals surface area contributed by atoms with Crippen LogP contribution in [0.2, 0.25) is 20.1 Å². The number of hydrogen-bond acceptors (Lipinski definition) is 8. The number of nitrogens with zero attached hydrogens (tertiary/aromatic N) is 4. The number of carboxylic acids is 1. The Hall–Kier alpha value is -3.10. The lowest BCUT2D eigenvalue weighted by atomic mass is 10.2. The van der Waals surface area contributed by atoms with E-state index in [4.69, 9.17) is 61.0 Å². The second-order valence-electron chi connectivity index (χ2n) is 6.90. The van der Waals surface area contributed by atoms with E-state index in [1.807, 2.05) is 0 Å². The number of nitrogens with one attached hydrogen (secondary N) is 1. The van der Waals surface area contributed by atoms with Gasteiger partial charge < -0.3 is 14.6 Å². The van der Waals surface area contributed by atoms with Gasteiger partial charge in [0, 0.05) is 6.07 Å². The zero-order valence-electron chi connectivity index (χ0n) is 19.2. The summed E-state index contributed by atoms with van der Waals surface area (Å²) in [6.07, 6.45) is 0. The minimum atomic E-state index is -4.23. The number of ether oxygens (including phenoxy) is 2. The van der Waals surface area contributed by atoms with Crippen molar-refractivity contribution in [3.8, 4) is 11.8 Å². The van der Waals surface area contributed by atoms with E-state index in [-0.39, 0.29) is 55.4 Å². The molecule has 0 amide bonds. The van der Waals surface area contributed by atoms with Crippen LogP contribution < -0.4 is 14.2 Å². The fraction of sp³-hybridized carbons (Fsp3) is 0.143. The molecular weight excluding hydrogens is 611 g/mol. The standard InChI is InChI=1S/C13H10Cl2FN5O3S.C8H6Cl2O3/c1-2-24-13-17-9(16)6-10-18-12(19-21(10)13)25(22,23)20-11-7(14)4-3-5-8(11)15;1-13-7-5(10)3-2-4(9)6(7)8(11)12/h3-6,20H,2H2,1H3;2-3H,1H3,(H,11,12). The van der Waals surface area contributed by atoms with Crippen LogP contribution in [0.25, 0.3) is 5.65 Å². The zero-order chi connectivity index (χ0) is 28.2. The van der Waals surface area contributed by atoms with Crippen LogP contribution in [0.5, 0.6) is 11.8 Å². The molecule has 2 N–H and O–H groups in total. The summed E-state index contributed by atoms with van der Waals surface area (Å²) in [6, 6.07) is 8.10. The Labute approximate surface area is 235 Å². The highest BCUT2D eigenvalue weighted by atomic mass is 35.5. The number of hydrogen-bond donors (Lipinski definition) is 2. The van der Waals surface area contributed by atoms with E-state index >= 15 is 0 Å². The van der Waals surface area contributed by atoms with Crippen molar-refractivity contribution < 1.29 is 32.2 Å². The van der Waals surface area contributed by atoms with E-state index < -0.39 is 27.1 Å². The number of carbonyl (C=O) groups is 1. The smallest absolute Gasteiger partial charge is 0.341 e. The highest BCUT2D eigenvalue weighted by Gasteiger charge is 2.25. The maximum absolute atomic E-state index is 13.5. The topological polar surface area (TPSA) is 145 Å². The molecule has 0 aliphatic rings. The number of aromatic nitrogens is 4. The first-order valence-electron chi connectivity index (χ1n) is 10.2. The molecule has 2 aromatic heterocycles. The van der Waals surface area contributed by atoms with Crippen molar-refractivity contribution in [3.05, 3.63) is 68.0 Å². The molecule has 202 valence electrons. The number of carboxylic acid groups (broad SMARTS) is 1. The number of anilines is 1. The number of fused-ring (bicyclic) bond motifs is 1. The van der Waals surface area contributed by atoms with Crippen molar-refractivity contribution in [3.63, 3.8) is 0 Å². The Kier molecular flexibility index (Phi) is 9.44. The zero-order valence-corrected chi connectivity index (χ0v) is 23.1. The fourth-order valence-corrected chi connectivity index (χ4v) is 4.91. The molecule has 17 heteroatoms. The van der Waals surface area contributed by atoms with Crippen LogP contribution in [0, 0.1) is 5.95 Å². The number of methoxy groups -OCH3 is 1. The van der Waals surface area contributed by atoms with Gasteiger partial charge in [-0.3, -0.25) is 4.72 Å². The molecule has 4 aromatic rings. The predicted molar refractivity (Wildman–Crippen MR) is 139 cm³/mol. The Morgan fingerprint density at radius 2 is 1.71 bits per heavy atom. The number of para-hydroxylation sites is 1. The van der Waals surface area contributed by atoms with E-state index in [0.29, 0.717) is 0 Å². The second-order valence-corrected chi connectivity index (χ2v) is 10.1. The fourth-order valence-electron chi connectivity index (χ4n) is 2.86. The lowest BCUT2D eigenvalue weighted by Crippen LogP contribution is -2.15. The normalized spacial score (nSPS) is 11.0. The quantitative estimate of drug-likeness (QED) is 0.255. The number of halogens is 5. The van der Waals surface area contributed by atoms with Crippen molar-refractivity contribution in [2.45, 2.75) is 12.1 Å². The first-order chi connectivity index (χ1) is 17.9. The maximum atomic E-state index is 13.5. The van der Waals surface area contributed by atoms with Gasteiger partial charge in [0.25, 0.3) is 15.2 Å². The molecule has 0 saturated carbocycles. The molecule has 0 fully saturated rings. The monoisotopic (exact) mass is 625 g/mol. The summed E-state index contributed by atoms with van der Waals surface area (Å²) in [7, 11) is -2.90. The molecule has 0 aliphatic heterocycles. The highest BCUT2D eigenvalue weighted by Crippen LogP contribution is 2.34. The van der Waals surface area contributed by atoms with Gasteiger partial charge in [0.15, 0.2) is 11.4 Å². The predicted octanol–water partition coefficient (Wildman–Crippen LogP) is 5.47. The van der Waals surface area contributed by atoms with E-state index in [0.717, 1.165) is 10.6 Å². The molecule has 0 saturated heterocycles. The summed E-state index contributed by atoms with van der Waals surface area (Å²) < 4.78 is 51.7. The lowest BCUT2D eigenvalue weighted by Gasteiger charge is -2.08. The van der Waals surface area contributed by atoms with E-state index in [2.05, 4.69) is 19.8 Å². The van der Waals surface area contributed by atoms with Gasteiger partial charge in [-0.15, -0.1) is 5.10 Å². The van der Waals surface area contributed by atoms with Crippen molar-refractivity contribution in [2.24, 2.45) is 0 Å². The van der Waals surface area contributed by atoms with Crippen LogP contribution in [0.15, 0.2) is 41.6 Å². The van der Waals surface area contributed by atoms with E-state index in [1.54, 1.807) is 13.0 Å². The van der Waals surface area contributed by atoms with Gasteiger partial charge >= 0.3 is 12.0 Å². The summed E-state index contributed by atoms with van der Waals surface area (Å²) in [5, 5.41) is 12.5. The SMILES string of the molecule is CCOc1nc(F)cc2nc(S(=O)(=O)Nc3c(Cl)cccc3Cl)nn12.COc1c(Cl)ccc(Cl)c1C(=O)O. The van der Waals surface area contributed by atoms with Gasteiger partial charge in [-0.25, -0.2) is 4.79 Å². The first kappa shape index (κ1) is 29.5. The average molecular weight is 627 g/mol. The van der Waals surface area contributed by atoms with Gasteiger partial charge in [-0.2, -0.15) is 27.3 Å². The van der Waals surface area contributed by atoms with Gasteiger partial charge in [0.2, 0.25) is 5.95 Å². The highest BCUT2D eigenvalue weighted by molar-refractivity contribution is 7.92. The van der Waals surface area contributed by atoms with Gasteiger partial charge in [0.05, 0.1) is 39.5 Å². The Morgan fingerprint density at radius 3 is 2.26 bits per heavy atom. The first-order valence-corrected chi connectivity index (χ1v) is 13.2. The molecular formula is C21H16Cl4FN5O6S. The molecule has 11 nitrogen and oxygen atoms in total. The lowest BCUT2D eigenvalue weighted by molar-refractivity contribution is 0.0693. The largest absolute Gasteiger partial charge is 0.494 e. The summed E-state index contributed by atoms with van der Waals surface area (Å²) in [4.78, 5) is 18.0. The number of aromatic carboxylic acids is 1. The van der Waals surface area contributed by atoms with Crippen LogP contribution in [-0.2, 0) is 10.0 Å². The summed E-state index contributed by atoms with van der Waals surface area (Å²) in [6.45, 7) is 1.84. The molecule has 2 aromatic carbocycles. The van der Waals surface area contributed by atoms with Gasteiger partial charge in [-0.1, -0.05) is 52.5 Å². The van der Waals surface area contributed by atoms with Crippen molar-refractivity contribution in [1.29, 1.82) is 0 Å². The minimum absolute atomic E-state index is 0.0148. The number of sulfonamides is 1. The molecule has 0 unspecified atom stereocenters. The second kappa shape index (κ2) is 12.2. The molecule has 38 heavy (non-hydrogen) atoms. The number of rotatable bonds is 7. The molecule has 0 radical (unpaired) electrons. The third-order valence-electron chi connectivity index (χ3n) is 4.43. The molecule has 0 bridgehead atoms. The molecule has 2 heterocycles. The van der Waals surface area contributed by atoms with Gasteiger partial charge in [0.1, 0.15) is 5.56 Å². The molecule has 0 aliphatic carbocycles. The molecule has 4 rings (SSSR count).